The number of hydrogen-bond donors (Lipinski definition) is 2. The van der Waals surface area contributed by atoms with Crippen molar-refractivity contribution in [3.8, 4) is 5.75 Å². The zero-order chi connectivity index (χ0) is 16.4. The highest BCUT2D eigenvalue weighted by Gasteiger charge is 2.20. The Kier molecular flexibility index (Phi) is 3.94. The summed E-state index contributed by atoms with van der Waals surface area (Å²) in [5.41, 5.74) is 1.89. The molecule has 2 N–H and O–H groups in total. The fourth-order valence-corrected chi connectivity index (χ4v) is 2.19. The van der Waals surface area contributed by atoms with Gasteiger partial charge in [-0.2, -0.15) is 0 Å². The van der Waals surface area contributed by atoms with Gasteiger partial charge in [-0.15, -0.1) is 0 Å². The first-order chi connectivity index (χ1) is 11.0. The summed E-state index contributed by atoms with van der Waals surface area (Å²) in [4.78, 5) is 11.9. The van der Waals surface area contributed by atoms with Gasteiger partial charge >= 0.3 is 0 Å². The lowest BCUT2D eigenvalue weighted by molar-refractivity contribution is -0.808. The highest BCUT2D eigenvalue weighted by molar-refractivity contribution is 7.80. The fraction of sp³-hybridized carbons (Fsp3) is 0.143. The van der Waals surface area contributed by atoms with Crippen molar-refractivity contribution in [2.75, 3.05) is 0 Å². The molecule has 118 valence electrons. The first-order valence-corrected chi connectivity index (χ1v) is 7.06. The lowest BCUT2D eigenvalue weighted by Crippen LogP contribution is -2.29. The average molecular weight is 332 g/mol. The molecule has 0 atom stereocenters. The van der Waals surface area contributed by atoms with Crippen LogP contribution in [0.2, 0.25) is 0 Å². The Morgan fingerprint density at radius 2 is 2.30 bits per heavy atom. The Labute approximate surface area is 136 Å². The maximum atomic E-state index is 11.6. The van der Waals surface area contributed by atoms with Gasteiger partial charge in [0, 0.05) is 12.1 Å². The molecule has 3 rings (SSSR count). The number of aryl methyl sites for hydroxylation is 1. The monoisotopic (exact) mass is 332 g/mol. The van der Waals surface area contributed by atoms with Gasteiger partial charge in [-0.25, -0.2) is 0 Å². The molecular weight excluding hydrogens is 320 g/mol. The SMILES string of the molecule is Cc1no[n+]([O-])c1COc1cccc(C=C2NC(=S)NC2=O)c1. The van der Waals surface area contributed by atoms with Gasteiger partial charge in [-0.3, -0.25) is 14.7 Å². The van der Waals surface area contributed by atoms with Gasteiger partial charge in [0.25, 0.3) is 5.91 Å². The van der Waals surface area contributed by atoms with Gasteiger partial charge in [0.05, 0.1) is 0 Å². The molecular formula is C14H12N4O4S. The number of aromatic nitrogens is 2. The molecule has 0 bridgehead atoms. The minimum Gasteiger partial charge on any atom is -0.485 e. The van der Waals surface area contributed by atoms with Crippen LogP contribution in [0.4, 0.5) is 0 Å². The third-order valence-electron chi connectivity index (χ3n) is 3.15. The van der Waals surface area contributed by atoms with Crippen LogP contribution in [0.1, 0.15) is 17.0 Å². The first-order valence-electron chi connectivity index (χ1n) is 6.65. The van der Waals surface area contributed by atoms with Crippen LogP contribution in [0, 0.1) is 12.1 Å². The number of nitrogens with one attached hydrogen (secondary N) is 2. The summed E-state index contributed by atoms with van der Waals surface area (Å²) in [7, 11) is 0. The molecule has 1 fully saturated rings. The second-order valence-corrected chi connectivity index (χ2v) is 5.20. The van der Waals surface area contributed by atoms with Crippen LogP contribution in [-0.2, 0) is 11.4 Å². The highest BCUT2D eigenvalue weighted by atomic mass is 32.1. The largest absolute Gasteiger partial charge is 0.485 e. The maximum absolute atomic E-state index is 11.6. The lowest BCUT2D eigenvalue weighted by atomic mass is 10.2. The van der Waals surface area contributed by atoms with E-state index in [0.717, 1.165) is 5.56 Å². The molecule has 1 aromatic carbocycles. The summed E-state index contributed by atoms with van der Waals surface area (Å²) in [6.07, 6.45) is 1.65. The average Bonchev–Trinajstić information content (AvgIpc) is 3.00. The van der Waals surface area contributed by atoms with Crippen LogP contribution < -0.4 is 20.3 Å². The zero-order valence-electron chi connectivity index (χ0n) is 12.0. The Bertz CT molecular complexity index is 795. The summed E-state index contributed by atoms with van der Waals surface area (Å²) < 4.78 is 10.0. The second-order valence-electron chi connectivity index (χ2n) is 4.79. The Morgan fingerprint density at radius 1 is 1.48 bits per heavy atom. The van der Waals surface area contributed by atoms with E-state index in [1.807, 2.05) is 6.07 Å². The zero-order valence-corrected chi connectivity index (χ0v) is 12.8. The first kappa shape index (κ1) is 15.0. The summed E-state index contributed by atoms with van der Waals surface area (Å²) in [5.74, 6) is 0.259. The number of thiocarbonyl (C=S) groups is 1. The molecule has 0 saturated carbocycles. The predicted molar refractivity (Wildman–Crippen MR) is 82.8 cm³/mol. The summed E-state index contributed by atoms with van der Waals surface area (Å²) in [6, 6.07) is 7.07. The number of ether oxygens (including phenoxy) is 1. The minimum absolute atomic E-state index is 0.0294. The van der Waals surface area contributed by atoms with E-state index in [-0.39, 0.29) is 17.6 Å². The van der Waals surface area contributed by atoms with Crippen molar-refractivity contribution < 1.29 is 19.1 Å². The van der Waals surface area contributed by atoms with Crippen LogP contribution in [0.25, 0.3) is 6.08 Å². The van der Waals surface area contributed by atoms with Crippen molar-refractivity contribution in [3.63, 3.8) is 0 Å². The summed E-state index contributed by atoms with van der Waals surface area (Å²) in [6.45, 7) is 1.69. The van der Waals surface area contributed by atoms with Crippen molar-refractivity contribution >= 4 is 29.3 Å². The number of carbonyl (C=O) groups excluding carboxylic acids is 1. The lowest BCUT2D eigenvalue weighted by Gasteiger charge is -2.05. The smallest absolute Gasteiger partial charge is 0.273 e. The topological polar surface area (TPSA) is 103 Å². The van der Waals surface area contributed by atoms with E-state index in [2.05, 4.69) is 20.4 Å². The molecule has 0 spiro atoms. The number of hydrogen-bond acceptors (Lipinski definition) is 6. The molecule has 2 heterocycles. The molecule has 0 aliphatic carbocycles. The van der Waals surface area contributed by atoms with Gasteiger partial charge in [0.1, 0.15) is 11.4 Å². The van der Waals surface area contributed by atoms with Crippen molar-refractivity contribution in [2.24, 2.45) is 0 Å². The van der Waals surface area contributed by atoms with Crippen LogP contribution >= 0.6 is 12.2 Å². The third kappa shape index (κ3) is 3.29. The van der Waals surface area contributed by atoms with Crippen molar-refractivity contribution in [2.45, 2.75) is 13.5 Å². The van der Waals surface area contributed by atoms with Crippen LogP contribution in [0.5, 0.6) is 5.75 Å². The van der Waals surface area contributed by atoms with E-state index in [1.54, 1.807) is 31.2 Å². The van der Waals surface area contributed by atoms with E-state index in [1.165, 1.54) is 0 Å². The third-order valence-corrected chi connectivity index (χ3v) is 3.36. The predicted octanol–water partition coefficient (Wildman–Crippen LogP) is 0.541. The van der Waals surface area contributed by atoms with Gasteiger partial charge < -0.3 is 15.3 Å². The van der Waals surface area contributed by atoms with Gasteiger partial charge in [-0.1, -0.05) is 12.1 Å². The Hall–Kier alpha value is -2.94. The number of rotatable bonds is 4. The van der Waals surface area contributed by atoms with Gasteiger partial charge in [0.2, 0.25) is 11.4 Å². The van der Waals surface area contributed by atoms with Gasteiger partial charge in [-0.05, 0) is 40.9 Å². The van der Waals surface area contributed by atoms with Gasteiger partial charge in [0.15, 0.2) is 11.7 Å². The molecule has 1 saturated heterocycles. The molecule has 0 unspecified atom stereocenters. The minimum atomic E-state index is -0.284. The molecule has 8 nitrogen and oxygen atoms in total. The molecule has 23 heavy (non-hydrogen) atoms. The molecule has 1 amide bonds. The summed E-state index contributed by atoms with van der Waals surface area (Å²) in [5, 5.41) is 20.4. The second kappa shape index (κ2) is 6.05. The standard InChI is InChI=1S/C14H12N4O4S/c1-8-12(18(20)22-17-8)7-21-10-4-2-3-9(5-10)6-11-13(19)16-14(23)15-11/h2-6H,7H2,1H3,(H2,15,16,19,23). The molecule has 0 radical (unpaired) electrons. The number of amides is 1. The number of benzene rings is 1. The molecule has 1 aliphatic rings. The maximum Gasteiger partial charge on any atom is 0.273 e. The highest BCUT2D eigenvalue weighted by Crippen LogP contribution is 2.17. The van der Waals surface area contributed by atoms with Crippen LogP contribution in [0.15, 0.2) is 34.6 Å². The fourth-order valence-electron chi connectivity index (χ4n) is 1.98. The quantitative estimate of drug-likeness (QED) is 0.478. The summed E-state index contributed by atoms with van der Waals surface area (Å²) >= 11 is 4.87. The number of carbonyl (C=O) groups is 1. The Balaban J connectivity index is 1.74. The van der Waals surface area contributed by atoms with Crippen molar-refractivity contribution in [1.82, 2.24) is 15.8 Å². The van der Waals surface area contributed by atoms with E-state index < -0.39 is 0 Å². The molecule has 9 heteroatoms. The van der Waals surface area contributed by atoms with Crippen LogP contribution in [-0.4, -0.2) is 16.2 Å². The number of nitrogens with zero attached hydrogens (tertiary/aromatic N) is 2. The van der Waals surface area contributed by atoms with E-state index in [0.29, 0.717) is 27.7 Å². The molecule has 1 aliphatic heterocycles. The van der Waals surface area contributed by atoms with Crippen molar-refractivity contribution in [1.29, 1.82) is 0 Å². The normalized spacial score (nSPS) is 15.6. The van der Waals surface area contributed by atoms with E-state index in [9.17, 15) is 10.0 Å². The molecule has 2 aromatic rings. The molecule has 1 aromatic heterocycles. The van der Waals surface area contributed by atoms with E-state index in [4.69, 9.17) is 17.0 Å². The van der Waals surface area contributed by atoms with Crippen LogP contribution in [0.3, 0.4) is 0 Å². The van der Waals surface area contributed by atoms with E-state index >= 15 is 0 Å². The van der Waals surface area contributed by atoms with Crippen molar-refractivity contribution in [3.05, 3.63) is 52.1 Å². The Morgan fingerprint density at radius 3 is 2.96 bits per heavy atom.